The number of phenols is 1. The molecular weight excluding hydrogens is 244 g/mol. The van der Waals surface area contributed by atoms with Crippen molar-refractivity contribution in [3.63, 3.8) is 0 Å². The van der Waals surface area contributed by atoms with Gasteiger partial charge in [-0.05, 0) is 37.0 Å². The summed E-state index contributed by atoms with van der Waals surface area (Å²) >= 11 is 0. The molecule has 0 aliphatic heterocycles. The number of carbonyl (C=O) groups excluding carboxylic acids is 1. The minimum Gasteiger partial charge on any atom is -0.508 e. The first kappa shape index (κ1) is 15.5. The van der Waals surface area contributed by atoms with Gasteiger partial charge in [0.2, 0.25) is 5.91 Å². The Bertz CT molecular complexity index is 379. The predicted molar refractivity (Wildman–Crippen MR) is 73.9 cm³/mol. The van der Waals surface area contributed by atoms with E-state index in [-0.39, 0.29) is 11.7 Å². The van der Waals surface area contributed by atoms with Gasteiger partial charge in [-0.3, -0.25) is 4.79 Å². The number of methoxy groups -OCH3 is 1. The van der Waals surface area contributed by atoms with Crippen LogP contribution in [0, 0.1) is 0 Å². The standard InChI is InChI=1S/C14H22N2O3/c1-19-9-3-2-8-16-14(18)13(15)10-11-4-6-12(17)7-5-11/h4-7,13,17H,2-3,8-10,15H2,1H3,(H,16,18). The van der Waals surface area contributed by atoms with Crippen LogP contribution >= 0.6 is 0 Å². The lowest BCUT2D eigenvalue weighted by molar-refractivity contribution is -0.122. The van der Waals surface area contributed by atoms with E-state index in [1.807, 2.05) is 0 Å². The van der Waals surface area contributed by atoms with Gasteiger partial charge in [0, 0.05) is 20.3 Å². The molecule has 1 atom stereocenters. The van der Waals surface area contributed by atoms with Crippen LogP contribution in [0.2, 0.25) is 0 Å². The second-order valence-electron chi connectivity index (χ2n) is 4.47. The lowest BCUT2D eigenvalue weighted by Crippen LogP contribution is -2.42. The molecule has 0 aromatic heterocycles. The highest BCUT2D eigenvalue weighted by Crippen LogP contribution is 2.10. The Labute approximate surface area is 113 Å². The number of nitrogens with one attached hydrogen (secondary N) is 1. The van der Waals surface area contributed by atoms with E-state index in [4.69, 9.17) is 15.6 Å². The zero-order chi connectivity index (χ0) is 14.1. The molecule has 1 amide bonds. The number of unbranched alkanes of at least 4 members (excludes halogenated alkanes) is 1. The van der Waals surface area contributed by atoms with Crippen molar-refractivity contribution >= 4 is 5.91 Å². The number of rotatable bonds is 8. The lowest BCUT2D eigenvalue weighted by Gasteiger charge is -2.12. The highest BCUT2D eigenvalue weighted by molar-refractivity contribution is 5.81. The summed E-state index contributed by atoms with van der Waals surface area (Å²) in [6.45, 7) is 1.32. The average molecular weight is 266 g/mol. The molecule has 0 aliphatic carbocycles. The maximum Gasteiger partial charge on any atom is 0.237 e. The molecule has 0 saturated heterocycles. The van der Waals surface area contributed by atoms with E-state index in [1.54, 1.807) is 31.4 Å². The smallest absolute Gasteiger partial charge is 0.237 e. The average Bonchev–Trinajstić information content (AvgIpc) is 2.41. The highest BCUT2D eigenvalue weighted by atomic mass is 16.5. The number of nitrogens with two attached hydrogens (primary N) is 1. The van der Waals surface area contributed by atoms with E-state index >= 15 is 0 Å². The van der Waals surface area contributed by atoms with Crippen LogP contribution in [0.15, 0.2) is 24.3 Å². The van der Waals surface area contributed by atoms with Gasteiger partial charge in [-0.15, -0.1) is 0 Å². The Morgan fingerprint density at radius 3 is 2.68 bits per heavy atom. The first-order valence-corrected chi connectivity index (χ1v) is 6.43. The van der Waals surface area contributed by atoms with Crippen LogP contribution in [0.4, 0.5) is 0 Å². The van der Waals surface area contributed by atoms with E-state index in [9.17, 15) is 4.79 Å². The van der Waals surface area contributed by atoms with Crippen LogP contribution in [-0.4, -0.2) is 37.3 Å². The van der Waals surface area contributed by atoms with E-state index in [1.165, 1.54) is 0 Å². The van der Waals surface area contributed by atoms with Gasteiger partial charge in [-0.2, -0.15) is 0 Å². The second kappa shape index (κ2) is 8.50. The van der Waals surface area contributed by atoms with Crippen molar-refractivity contribution in [3.8, 4) is 5.75 Å². The molecule has 106 valence electrons. The van der Waals surface area contributed by atoms with Gasteiger partial charge in [-0.1, -0.05) is 12.1 Å². The Morgan fingerprint density at radius 2 is 2.05 bits per heavy atom. The zero-order valence-electron chi connectivity index (χ0n) is 11.3. The van der Waals surface area contributed by atoms with Gasteiger partial charge in [-0.25, -0.2) is 0 Å². The molecule has 0 heterocycles. The van der Waals surface area contributed by atoms with Crippen LogP contribution in [0.5, 0.6) is 5.75 Å². The summed E-state index contributed by atoms with van der Waals surface area (Å²) in [6.07, 6.45) is 2.26. The number of amides is 1. The molecule has 0 aliphatic rings. The van der Waals surface area contributed by atoms with Crippen molar-refractivity contribution in [3.05, 3.63) is 29.8 Å². The molecule has 5 heteroatoms. The summed E-state index contributed by atoms with van der Waals surface area (Å²) in [4.78, 5) is 11.7. The van der Waals surface area contributed by atoms with Crippen LogP contribution in [0.1, 0.15) is 18.4 Å². The van der Waals surface area contributed by atoms with Crippen LogP contribution in [0.25, 0.3) is 0 Å². The normalized spacial score (nSPS) is 12.1. The quantitative estimate of drug-likeness (QED) is 0.608. The van der Waals surface area contributed by atoms with Crippen molar-refractivity contribution < 1.29 is 14.6 Å². The highest BCUT2D eigenvalue weighted by Gasteiger charge is 2.13. The zero-order valence-corrected chi connectivity index (χ0v) is 11.3. The summed E-state index contributed by atoms with van der Waals surface area (Å²) < 4.78 is 4.93. The van der Waals surface area contributed by atoms with E-state index < -0.39 is 6.04 Å². The number of phenolic OH excluding ortho intramolecular Hbond substituents is 1. The second-order valence-corrected chi connectivity index (χ2v) is 4.47. The summed E-state index contributed by atoms with van der Waals surface area (Å²) in [5.74, 6) is 0.0606. The Morgan fingerprint density at radius 1 is 1.37 bits per heavy atom. The van der Waals surface area contributed by atoms with E-state index in [0.29, 0.717) is 19.6 Å². The third-order valence-corrected chi connectivity index (χ3v) is 2.80. The SMILES string of the molecule is COCCCCNC(=O)C(N)Cc1ccc(O)cc1. The lowest BCUT2D eigenvalue weighted by atomic mass is 10.1. The monoisotopic (exact) mass is 266 g/mol. The molecule has 4 N–H and O–H groups in total. The molecular formula is C14H22N2O3. The van der Waals surface area contributed by atoms with Gasteiger partial charge < -0.3 is 20.9 Å². The molecule has 0 bridgehead atoms. The summed E-state index contributed by atoms with van der Waals surface area (Å²) in [5.41, 5.74) is 6.76. The topological polar surface area (TPSA) is 84.6 Å². The molecule has 1 rings (SSSR count). The number of aromatic hydroxyl groups is 1. The largest absolute Gasteiger partial charge is 0.508 e. The first-order chi connectivity index (χ1) is 9.13. The Kier molecular flexibility index (Phi) is 6.92. The molecule has 0 saturated carbocycles. The minimum atomic E-state index is -0.563. The third kappa shape index (κ3) is 6.22. The fourth-order valence-electron chi connectivity index (χ4n) is 1.69. The molecule has 1 aromatic rings. The maximum atomic E-state index is 11.7. The third-order valence-electron chi connectivity index (χ3n) is 2.80. The van der Waals surface area contributed by atoms with Gasteiger partial charge >= 0.3 is 0 Å². The molecule has 1 aromatic carbocycles. The van der Waals surface area contributed by atoms with Gasteiger partial charge in [0.25, 0.3) is 0 Å². The van der Waals surface area contributed by atoms with Gasteiger partial charge in [0.15, 0.2) is 0 Å². The van der Waals surface area contributed by atoms with Gasteiger partial charge in [0.1, 0.15) is 5.75 Å². The van der Waals surface area contributed by atoms with Crippen molar-refractivity contribution in [2.45, 2.75) is 25.3 Å². The predicted octanol–water partition coefficient (Wildman–Crippen LogP) is 0.805. The minimum absolute atomic E-state index is 0.148. The maximum absolute atomic E-state index is 11.7. The Balaban J connectivity index is 2.26. The molecule has 1 unspecified atom stereocenters. The molecule has 0 fully saturated rings. The number of ether oxygens (including phenoxy) is 1. The molecule has 0 radical (unpaired) electrons. The van der Waals surface area contributed by atoms with Crippen molar-refractivity contribution in [1.29, 1.82) is 0 Å². The fraction of sp³-hybridized carbons (Fsp3) is 0.500. The van der Waals surface area contributed by atoms with E-state index in [0.717, 1.165) is 18.4 Å². The Hall–Kier alpha value is -1.59. The molecule has 0 spiro atoms. The van der Waals surface area contributed by atoms with Crippen molar-refractivity contribution in [1.82, 2.24) is 5.32 Å². The fourth-order valence-corrected chi connectivity index (χ4v) is 1.69. The number of benzene rings is 1. The van der Waals surface area contributed by atoms with Crippen molar-refractivity contribution in [2.24, 2.45) is 5.73 Å². The van der Waals surface area contributed by atoms with Gasteiger partial charge in [0.05, 0.1) is 6.04 Å². The summed E-state index contributed by atoms with van der Waals surface area (Å²) in [6, 6.07) is 6.14. The van der Waals surface area contributed by atoms with Crippen molar-refractivity contribution in [2.75, 3.05) is 20.3 Å². The number of hydrogen-bond acceptors (Lipinski definition) is 4. The van der Waals surface area contributed by atoms with E-state index in [2.05, 4.69) is 5.32 Å². The molecule has 19 heavy (non-hydrogen) atoms. The number of carbonyl (C=O) groups is 1. The summed E-state index contributed by atoms with van der Waals surface area (Å²) in [7, 11) is 1.66. The summed E-state index contributed by atoms with van der Waals surface area (Å²) in [5, 5.41) is 12.0. The first-order valence-electron chi connectivity index (χ1n) is 6.43. The van der Waals surface area contributed by atoms with Crippen LogP contribution in [-0.2, 0) is 16.0 Å². The number of hydrogen-bond donors (Lipinski definition) is 3. The van der Waals surface area contributed by atoms with Crippen LogP contribution < -0.4 is 11.1 Å². The molecule has 5 nitrogen and oxygen atoms in total. The van der Waals surface area contributed by atoms with Crippen LogP contribution in [0.3, 0.4) is 0 Å².